The van der Waals surface area contributed by atoms with Gasteiger partial charge in [-0.3, -0.25) is 14.9 Å². The third-order valence-corrected chi connectivity index (χ3v) is 4.65. The molecule has 1 atom stereocenters. The zero-order valence-electron chi connectivity index (χ0n) is 14.8. The van der Waals surface area contributed by atoms with Gasteiger partial charge in [0.15, 0.2) is 6.61 Å². The highest BCUT2D eigenvalue weighted by atomic mass is 32.2. The average molecular weight is 385 g/mol. The van der Waals surface area contributed by atoms with Crippen LogP contribution in [0.3, 0.4) is 0 Å². The minimum Gasteiger partial charge on any atom is -0.454 e. The fraction of sp³-hybridized carbons (Fsp3) is 0.438. The van der Waals surface area contributed by atoms with E-state index in [2.05, 4.69) is 10.0 Å². The zero-order chi connectivity index (χ0) is 19.7. The maximum atomic E-state index is 12.4. The SMILES string of the molecule is CCNC(=O)NC(=O)COC(=O)C(NS(=O)(=O)c1ccccc1)C(C)C. The van der Waals surface area contributed by atoms with E-state index < -0.39 is 46.5 Å². The maximum absolute atomic E-state index is 12.4. The normalized spacial score (nSPS) is 12.3. The third kappa shape index (κ3) is 6.81. The molecule has 0 radical (unpaired) electrons. The van der Waals surface area contributed by atoms with Crippen molar-refractivity contribution in [2.75, 3.05) is 13.2 Å². The summed E-state index contributed by atoms with van der Waals surface area (Å²) in [5.74, 6) is -2.16. The minimum atomic E-state index is -3.93. The van der Waals surface area contributed by atoms with E-state index in [0.717, 1.165) is 0 Å². The largest absolute Gasteiger partial charge is 0.454 e. The molecule has 1 rings (SSSR count). The summed E-state index contributed by atoms with van der Waals surface area (Å²) in [5.41, 5.74) is 0. The molecule has 0 aliphatic carbocycles. The molecule has 0 aromatic heterocycles. The maximum Gasteiger partial charge on any atom is 0.324 e. The number of urea groups is 1. The van der Waals surface area contributed by atoms with Gasteiger partial charge in [0.2, 0.25) is 10.0 Å². The summed E-state index contributed by atoms with van der Waals surface area (Å²) in [7, 11) is -3.93. The van der Waals surface area contributed by atoms with Crippen LogP contribution in [-0.4, -0.2) is 45.5 Å². The molecule has 0 heterocycles. The Bertz CT molecular complexity index is 734. The van der Waals surface area contributed by atoms with Gasteiger partial charge in [0, 0.05) is 6.54 Å². The minimum absolute atomic E-state index is 0.00688. The van der Waals surface area contributed by atoms with Gasteiger partial charge in [-0.05, 0) is 25.0 Å². The number of hydrogen-bond acceptors (Lipinski definition) is 6. The molecule has 0 spiro atoms. The molecule has 0 fully saturated rings. The van der Waals surface area contributed by atoms with Crippen LogP contribution in [0.5, 0.6) is 0 Å². The quantitative estimate of drug-likeness (QED) is 0.555. The number of carbonyl (C=O) groups excluding carboxylic acids is 3. The Labute approximate surface area is 152 Å². The van der Waals surface area contributed by atoms with Crippen LogP contribution in [-0.2, 0) is 24.3 Å². The van der Waals surface area contributed by atoms with E-state index in [9.17, 15) is 22.8 Å². The van der Waals surface area contributed by atoms with Crippen molar-refractivity contribution >= 4 is 27.9 Å². The molecule has 0 bridgehead atoms. The van der Waals surface area contributed by atoms with Crippen LogP contribution in [0.1, 0.15) is 20.8 Å². The first-order valence-corrected chi connectivity index (χ1v) is 9.47. The van der Waals surface area contributed by atoms with Crippen molar-refractivity contribution in [2.45, 2.75) is 31.7 Å². The van der Waals surface area contributed by atoms with Gasteiger partial charge >= 0.3 is 12.0 Å². The predicted molar refractivity (Wildman–Crippen MR) is 93.6 cm³/mol. The summed E-state index contributed by atoms with van der Waals surface area (Å²) in [4.78, 5) is 34.9. The molecule has 0 saturated heterocycles. The van der Waals surface area contributed by atoms with Crippen molar-refractivity contribution in [2.24, 2.45) is 5.92 Å². The number of nitrogens with one attached hydrogen (secondary N) is 3. The Morgan fingerprint density at radius 2 is 1.73 bits per heavy atom. The van der Waals surface area contributed by atoms with Crippen molar-refractivity contribution in [3.63, 3.8) is 0 Å². The van der Waals surface area contributed by atoms with E-state index in [0.29, 0.717) is 6.54 Å². The van der Waals surface area contributed by atoms with Gasteiger partial charge < -0.3 is 10.1 Å². The molecule has 26 heavy (non-hydrogen) atoms. The van der Waals surface area contributed by atoms with Crippen molar-refractivity contribution in [1.82, 2.24) is 15.4 Å². The molecule has 3 N–H and O–H groups in total. The Balaban J connectivity index is 2.71. The van der Waals surface area contributed by atoms with Gasteiger partial charge in [0.05, 0.1) is 4.90 Å². The molecule has 1 aromatic rings. The molecule has 0 aliphatic rings. The summed E-state index contributed by atoms with van der Waals surface area (Å²) in [6.45, 7) is 4.57. The molecule has 144 valence electrons. The monoisotopic (exact) mass is 385 g/mol. The Hall–Kier alpha value is -2.46. The van der Waals surface area contributed by atoms with E-state index in [1.807, 2.05) is 5.32 Å². The van der Waals surface area contributed by atoms with Crippen LogP contribution in [0.25, 0.3) is 0 Å². The molecule has 0 aliphatic heterocycles. The molecule has 10 heteroatoms. The summed E-state index contributed by atoms with van der Waals surface area (Å²) in [6, 6.07) is 5.68. The van der Waals surface area contributed by atoms with E-state index in [1.54, 1.807) is 39.0 Å². The zero-order valence-corrected chi connectivity index (χ0v) is 15.6. The van der Waals surface area contributed by atoms with Crippen LogP contribution < -0.4 is 15.4 Å². The highest BCUT2D eigenvalue weighted by molar-refractivity contribution is 7.89. The molecule has 1 unspecified atom stereocenters. The van der Waals surface area contributed by atoms with Crippen molar-refractivity contribution in [3.8, 4) is 0 Å². The summed E-state index contributed by atoms with van der Waals surface area (Å²) in [5, 5.41) is 4.32. The molecule has 1 aromatic carbocycles. The highest BCUT2D eigenvalue weighted by Crippen LogP contribution is 2.12. The van der Waals surface area contributed by atoms with Crippen LogP contribution in [0.4, 0.5) is 4.79 Å². The number of carbonyl (C=O) groups is 3. The lowest BCUT2D eigenvalue weighted by atomic mass is 10.1. The number of rotatable bonds is 8. The lowest BCUT2D eigenvalue weighted by molar-refractivity contribution is -0.150. The number of sulfonamides is 1. The first kappa shape index (κ1) is 21.6. The second-order valence-corrected chi connectivity index (χ2v) is 7.39. The second-order valence-electron chi connectivity index (χ2n) is 5.67. The third-order valence-electron chi connectivity index (χ3n) is 3.19. The molecule has 3 amide bonds. The van der Waals surface area contributed by atoms with Crippen molar-refractivity contribution in [1.29, 1.82) is 0 Å². The van der Waals surface area contributed by atoms with Gasteiger partial charge in [-0.1, -0.05) is 32.0 Å². The van der Waals surface area contributed by atoms with Gasteiger partial charge in [-0.15, -0.1) is 0 Å². The smallest absolute Gasteiger partial charge is 0.324 e. The van der Waals surface area contributed by atoms with E-state index in [-0.39, 0.29) is 4.90 Å². The predicted octanol–water partition coefficient (Wildman–Crippen LogP) is 0.378. The number of ether oxygens (including phenoxy) is 1. The van der Waals surface area contributed by atoms with Gasteiger partial charge in [-0.2, -0.15) is 4.72 Å². The number of benzene rings is 1. The number of imide groups is 1. The fourth-order valence-corrected chi connectivity index (χ4v) is 3.24. The Kier molecular flexibility index (Phi) is 8.20. The van der Waals surface area contributed by atoms with Gasteiger partial charge in [0.25, 0.3) is 5.91 Å². The second kappa shape index (κ2) is 9.88. The first-order chi connectivity index (χ1) is 12.2. The fourth-order valence-electron chi connectivity index (χ4n) is 1.89. The molecule has 0 saturated carbocycles. The lowest BCUT2D eigenvalue weighted by Crippen LogP contribution is -2.47. The Morgan fingerprint density at radius 3 is 2.27 bits per heavy atom. The van der Waals surface area contributed by atoms with Crippen LogP contribution in [0, 0.1) is 5.92 Å². The van der Waals surface area contributed by atoms with Gasteiger partial charge in [0.1, 0.15) is 6.04 Å². The number of hydrogen-bond donors (Lipinski definition) is 3. The standard InChI is InChI=1S/C16H23N3O6S/c1-4-17-16(22)18-13(20)10-25-15(21)14(11(2)3)19-26(23,24)12-8-6-5-7-9-12/h5-9,11,14,19H,4,10H2,1-3H3,(H2,17,18,20,22). The summed E-state index contributed by atoms with van der Waals surface area (Å²) >= 11 is 0. The van der Waals surface area contributed by atoms with Gasteiger partial charge in [-0.25, -0.2) is 13.2 Å². The molecular weight excluding hydrogens is 362 g/mol. The van der Waals surface area contributed by atoms with E-state index in [4.69, 9.17) is 4.74 Å². The average Bonchev–Trinajstić information content (AvgIpc) is 2.58. The Morgan fingerprint density at radius 1 is 1.12 bits per heavy atom. The number of amides is 3. The molecular formula is C16H23N3O6S. The highest BCUT2D eigenvalue weighted by Gasteiger charge is 2.30. The van der Waals surface area contributed by atoms with E-state index in [1.165, 1.54) is 12.1 Å². The summed E-state index contributed by atoms with van der Waals surface area (Å²) < 4.78 is 31.8. The van der Waals surface area contributed by atoms with Crippen LogP contribution >= 0.6 is 0 Å². The van der Waals surface area contributed by atoms with Crippen LogP contribution in [0.15, 0.2) is 35.2 Å². The number of esters is 1. The van der Waals surface area contributed by atoms with Crippen molar-refractivity contribution < 1.29 is 27.5 Å². The van der Waals surface area contributed by atoms with Crippen LogP contribution in [0.2, 0.25) is 0 Å². The topological polar surface area (TPSA) is 131 Å². The lowest BCUT2D eigenvalue weighted by Gasteiger charge is -2.20. The summed E-state index contributed by atoms with van der Waals surface area (Å²) in [6.07, 6.45) is 0. The van der Waals surface area contributed by atoms with E-state index >= 15 is 0 Å². The molecule has 9 nitrogen and oxygen atoms in total. The first-order valence-electron chi connectivity index (χ1n) is 7.99. The van der Waals surface area contributed by atoms with Crippen molar-refractivity contribution in [3.05, 3.63) is 30.3 Å².